The van der Waals surface area contributed by atoms with Crippen LogP contribution in [0.5, 0.6) is 0 Å². The average Bonchev–Trinajstić information content (AvgIpc) is 3.05. The van der Waals surface area contributed by atoms with Crippen molar-refractivity contribution in [1.29, 1.82) is 0 Å². The van der Waals surface area contributed by atoms with Crippen LogP contribution in [0.25, 0.3) is 11.2 Å². The summed E-state index contributed by atoms with van der Waals surface area (Å²) >= 11 is 0. The Morgan fingerprint density at radius 2 is 2.04 bits per heavy atom. The molecule has 0 aliphatic heterocycles. The van der Waals surface area contributed by atoms with E-state index in [4.69, 9.17) is 20.9 Å². The zero-order valence-corrected chi connectivity index (χ0v) is 14.5. The van der Waals surface area contributed by atoms with Crippen molar-refractivity contribution >= 4 is 23.1 Å². The number of H-pyrrole nitrogens is 1. The van der Waals surface area contributed by atoms with E-state index in [-0.39, 0.29) is 31.4 Å². The number of nitrogen functional groups attached to an aromatic ring is 1. The fourth-order valence-electron chi connectivity index (χ4n) is 2.49. The molecule has 0 bridgehead atoms. The Bertz CT molecular complexity index is 968. The van der Waals surface area contributed by atoms with Gasteiger partial charge in [0.1, 0.15) is 19.4 Å². The Kier molecular flexibility index (Phi) is 5.79. The molecule has 3 rings (SSSR count). The van der Waals surface area contributed by atoms with E-state index in [9.17, 15) is 9.59 Å². The number of nitrogens with one attached hydrogen (secondary N) is 1. The number of anilines is 1. The van der Waals surface area contributed by atoms with Gasteiger partial charge in [0, 0.05) is 0 Å². The quantitative estimate of drug-likeness (QED) is 0.363. The summed E-state index contributed by atoms with van der Waals surface area (Å²) in [5.41, 5.74) is 12.4. The first kappa shape index (κ1) is 18.5. The number of hydrogen-bond donors (Lipinski definition) is 3. The summed E-state index contributed by atoms with van der Waals surface area (Å²) < 4.78 is 12.1. The van der Waals surface area contributed by atoms with Gasteiger partial charge in [0.15, 0.2) is 11.2 Å². The number of ether oxygens (including phenoxy) is 2. The smallest absolute Gasteiger partial charge is 0.323 e. The van der Waals surface area contributed by atoms with Gasteiger partial charge in [0.05, 0.1) is 12.9 Å². The fraction of sp³-hybridized carbons (Fsp3) is 0.294. The lowest BCUT2D eigenvalue weighted by Gasteiger charge is -2.12. The van der Waals surface area contributed by atoms with Gasteiger partial charge in [-0.1, -0.05) is 30.3 Å². The van der Waals surface area contributed by atoms with Crippen LogP contribution in [0.4, 0.5) is 5.95 Å². The first-order valence-electron chi connectivity index (χ1n) is 8.29. The van der Waals surface area contributed by atoms with Crippen LogP contribution in [0, 0.1) is 0 Å². The van der Waals surface area contributed by atoms with E-state index in [0.717, 1.165) is 5.56 Å². The number of imidazole rings is 1. The zero-order chi connectivity index (χ0) is 19.2. The zero-order valence-electron chi connectivity index (χ0n) is 14.5. The van der Waals surface area contributed by atoms with Crippen molar-refractivity contribution in [2.24, 2.45) is 5.73 Å². The summed E-state index contributed by atoms with van der Waals surface area (Å²) in [5.74, 6) is -0.493. The Morgan fingerprint density at radius 1 is 1.26 bits per heavy atom. The molecule has 0 aliphatic carbocycles. The molecule has 0 aliphatic rings. The second kappa shape index (κ2) is 8.43. The van der Waals surface area contributed by atoms with Crippen LogP contribution >= 0.6 is 0 Å². The van der Waals surface area contributed by atoms with Gasteiger partial charge >= 0.3 is 5.97 Å². The number of aromatic amines is 1. The molecule has 1 atom stereocenters. The molecule has 0 saturated heterocycles. The molecule has 3 aromatic rings. The standard InChI is InChI=1S/C17H20N6O4/c18-12(8-11-4-2-1-3-5-11)16(25)27-7-6-26-10-23-9-20-13-14(23)21-17(19)22-15(13)24/h1-5,9,12H,6-8,10,18H2,(H3,19,21,22,24). The third-order valence-electron chi connectivity index (χ3n) is 3.80. The van der Waals surface area contributed by atoms with E-state index >= 15 is 0 Å². The van der Waals surface area contributed by atoms with Gasteiger partial charge in [-0.25, -0.2) is 4.98 Å². The minimum Gasteiger partial charge on any atom is -0.462 e. The van der Waals surface area contributed by atoms with Gasteiger partial charge < -0.3 is 20.9 Å². The van der Waals surface area contributed by atoms with Crippen LogP contribution in [0.2, 0.25) is 0 Å². The number of carbonyl (C=O) groups is 1. The van der Waals surface area contributed by atoms with Crippen molar-refractivity contribution in [3.8, 4) is 0 Å². The predicted octanol–water partition coefficient (Wildman–Crippen LogP) is -0.211. The van der Waals surface area contributed by atoms with Crippen molar-refractivity contribution in [2.75, 3.05) is 18.9 Å². The number of aromatic nitrogens is 4. The molecule has 27 heavy (non-hydrogen) atoms. The maximum absolute atomic E-state index is 11.9. The molecule has 0 saturated carbocycles. The second-order valence-corrected chi connectivity index (χ2v) is 5.84. The van der Waals surface area contributed by atoms with Gasteiger partial charge in [-0.15, -0.1) is 0 Å². The first-order valence-corrected chi connectivity index (χ1v) is 8.29. The fourth-order valence-corrected chi connectivity index (χ4v) is 2.49. The van der Waals surface area contributed by atoms with Crippen LogP contribution in [-0.4, -0.2) is 44.7 Å². The minimum atomic E-state index is -0.733. The van der Waals surface area contributed by atoms with Crippen LogP contribution < -0.4 is 17.0 Å². The normalized spacial score (nSPS) is 12.2. The molecule has 1 unspecified atom stereocenters. The molecule has 0 fully saturated rings. The van der Waals surface area contributed by atoms with Crippen molar-refractivity contribution in [2.45, 2.75) is 19.2 Å². The highest BCUT2D eigenvalue weighted by molar-refractivity contribution is 5.75. The maximum Gasteiger partial charge on any atom is 0.323 e. The number of nitrogens with two attached hydrogens (primary N) is 2. The molecule has 5 N–H and O–H groups in total. The van der Waals surface area contributed by atoms with Gasteiger partial charge in [-0.05, 0) is 12.0 Å². The predicted molar refractivity (Wildman–Crippen MR) is 97.6 cm³/mol. The topological polar surface area (TPSA) is 151 Å². The van der Waals surface area contributed by atoms with Gasteiger partial charge in [0.25, 0.3) is 5.56 Å². The van der Waals surface area contributed by atoms with Crippen molar-refractivity contribution < 1.29 is 14.3 Å². The number of hydrogen-bond acceptors (Lipinski definition) is 8. The molecule has 0 spiro atoms. The molecular formula is C17H20N6O4. The molecular weight excluding hydrogens is 352 g/mol. The van der Waals surface area contributed by atoms with E-state index < -0.39 is 17.6 Å². The summed E-state index contributed by atoms with van der Waals surface area (Å²) in [6.45, 7) is 0.298. The number of fused-ring (bicyclic) bond motifs is 1. The third-order valence-corrected chi connectivity index (χ3v) is 3.80. The Balaban J connectivity index is 1.43. The van der Waals surface area contributed by atoms with Crippen LogP contribution in [0.3, 0.4) is 0 Å². The van der Waals surface area contributed by atoms with E-state index in [1.165, 1.54) is 10.9 Å². The van der Waals surface area contributed by atoms with Gasteiger partial charge in [-0.3, -0.25) is 19.1 Å². The summed E-state index contributed by atoms with van der Waals surface area (Å²) in [7, 11) is 0. The molecule has 142 valence electrons. The lowest BCUT2D eigenvalue weighted by atomic mass is 10.1. The monoisotopic (exact) mass is 372 g/mol. The van der Waals surface area contributed by atoms with E-state index in [1.54, 1.807) is 0 Å². The molecule has 1 aromatic carbocycles. The van der Waals surface area contributed by atoms with Crippen molar-refractivity contribution in [3.63, 3.8) is 0 Å². The van der Waals surface area contributed by atoms with Crippen LogP contribution in [-0.2, 0) is 27.4 Å². The van der Waals surface area contributed by atoms with E-state index in [1.807, 2.05) is 30.3 Å². The summed E-state index contributed by atoms with van der Waals surface area (Å²) in [5, 5.41) is 0. The largest absolute Gasteiger partial charge is 0.462 e. The first-order chi connectivity index (χ1) is 13.0. The highest BCUT2D eigenvalue weighted by atomic mass is 16.6. The van der Waals surface area contributed by atoms with Crippen molar-refractivity contribution in [1.82, 2.24) is 19.5 Å². The molecule has 2 aromatic heterocycles. The highest BCUT2D eigenvalue weighted by Gasteiger charge is 2.15. The third kappa shape index (κ3) is 4.68. The number of benzene rings is 1. The Hall–Kier alpha value is -3.24. The molecule has 10 nitrogen and oxygen atoms in total. The lowest BCUT2D eigenvalue weighted by Crippen LogP contribution is -2.35. The number of esters is 1. The average molecular weight is 372 g/mol. The molecule has 10 heteroatoms. The van der Waals surface area contributed by atoms with Gasteiger partial charge in [-0.2, -0.15) is 4.98 Å². The van der Waals surface area contributed by atoms with E-state index in [2.05, 4.69) is 15.0 Å². The second-order valence-electron chi connectivity index (χ2n) is 5.84. The maximum atomic E-state index is 11.9. The summed E-state index contributed by atoms with van der Waals surface area (Å²) in [4.78, 5) is 34.0. The van der Waals surface area contributed by atoms with E-state index in [0.29, 0.717) is 12.1 Å². The molecule has 0 radical (unpaired) electrons. The number of rotatable bonds is 8. The Labute approximate surface area is 154 Å². The van der Waals surface area contributed by atoms with Crippen LogP contribution in [0.15, 0.2) is 41.5 Å². The van der Waals surface area contributed by atoms with Gasteiger partial charge in [0.2, 0.25) is 5.95 Å². The molecule has 0 amide bonds. The summed E-state index contributed by atoms with van der Waals surface area (Å²) in [6.07, 6.45) is 1.83. The highest BCUT2D eigenvalue weighted by Crippen LogP contribution is 2.06. The number of carbonyl (C=O) groups excluding carboxylic acids is 1. The van der Waals surface area contributed by atoms with Crippen molar-refractivity contribution in [3.05, 3.63) is 52.6 Å². The Morgan fingerprint density at radius 3 is 2.81 bits per heavy atom. The lowest BCUT2D eigenvalue weighted by molar-refractivity contribution is -0.147. The minimum absolute atomic E-state index is 0.00409. The number of nitrogens with zero attached hydrogens (tertiary/aromatic N) is 3. The SMILES string of the molecule is Nc1nc2c(ncn2COCCOC(=O)C(N)Cc2ccccc2)c(=O)[nH]1. The molecule has 2 heterocycles. The summed E-state index contributed by atoms with van der Waals surface area (Å²) in [6, 6.07) is 8.74. The van der Waals surface area contributed by atoms with Crippen LogP contribution in [0.1, 0.15) is 5.56 Å².